The largest absolute Gasteiger partial charge is 0.358 e. The highest BCUT2D eigenvalue weighted by Gasteiger charge is 2.25. The first-order valence-corrected chi connectivity index (χ1v) is 9.05. The third kappa shape index (κ3) is 3.19. The van der Waals surface area contributed by atoms with Crippen LogP contribution in [0.25, 0.3) is 10.9 Å². The maximum absolute atomic E-state index is 12.7. The topological polar surface area (TPSA) is 36.1 Å². The number of aromatic amines is 1. The van der Waals surface area contributed by atoms with Crippen LogP contribution in [0, 0.1) is 13.8 Å². The van der Waals surface area contributed by atoms with E-state index >= 15 is 0 Å². The molecule has 0 bridgehead atoms. The van der Waals surface area contributed by atoms with E-state index in [0.717, 1.165) is 37.1 Å². The Hall–Kier alpha value is -2.55. The zero-order valence-electron chi connectivity index (χ0n) is 14.9. The minimum absolute atomic E-state index is 0.162. The summed E-state index contributed by atoms with van der Waals surface area (Å²) < 4.78 is 0. The van der Waals surface area contributed by atoms with E-state index in [9.17, 15) is 4.79 Å². The standard InChI is InChI=1S/C22H24N2O/c1-15-4-3-5-18(12-15)22(25)24-10-8-17(9-11-24)21-14-19-13-16(2)6-7-20(19)23-21/h3-7,12-14,17,23H,8-11H2,1-2H3. The van der Waals surface area contributed by atoms with Crippen LogP contribution in [0.1, 0.15) is 45.9 Å². The van der Waals surface area contributed by atoms with Gasteiger partial charge in [0, 0.05) is 35.8 Å². The number of rotatable bonds is 2. The van der Waals surface area contributed by atoms with Gasteiger partial charge in [-0.15, -0.1) is 0 Å². The van der Waals surface area contributed by atoms with Crippen LogP contribution in [0.5, 0.6) is 0 Å². The number of hydrogen-bond donors (Lipinski definition) is 1. The Labute approximate surface area is 148 Å². The van der Waals surface area contributed by atoms with E-state index in [4.69, 9.17) is 0 Å². The van der Waals surface area contributed by atoms with Crippen LogP contribution >= 0.6 is 0 Å². The van der Waals surface area contributed by atoms with Gasteiger partial charge in [-0.25, -0.2) is 0 Å². The number of nitrogens with zero attached hydrogens (tertiary/aromatic N) is 1. The molecule has 1 aromatic heterocycles. The summed E-state index contributed by atoms with van der Waals surface area (Å²) in [5, 5.41) is 1.29. The molecule has 1 amide bonds. The van der Waals surface area contributed by atoms with E-state index in [1.165, 1.54) is 22.2 Å². The van der Waals surface area contributed by atoms with E-state index in [1.807, 2.05) is 36.1 Å². The Morgan fingerprint density at radius 3 is 2.52 bits per heavy atom. The van der Waals surface area contributed by atoms with Gasteiger partial charge in [0.15, 0.2) is 0 Å². The van der Waals surface area contributed by atoms with Crippen molar-refractivity contribution in [2.24, 2.45) is 0 Å². The summed E-state index contributed by atoms with van der Waals surface area (Å²) in [4.78, 5) is 18.3. The molecular formula is C22H24N2O. The molecular weight excluding hydrogens is 308 g/mol. The summed E-state index contributed by atoms with van der Waals surface area (Å²) >= 11 is 0. The quantitative estimate of drug-likeness (QED) is 0.718. The van der Waals surface area contributed by atoms with Crippen LogP contribution in [0.3, 0.4) is 0 Å². The first kappa shape index (κ1) is 15.9. The normalized spacial score (nSPS) is 15.7. The number of piperidine rings is 1. The lowest BCUT2D eigenvalue weighted by Gasteiger charge is -2.31. The van der Waals surface area contributed by atoms with Crippen molar-refractivity contribution >= 4 is 16.8 Å². The summed E-state index contributed by atoms with van der Waals surface area (Å²) in [6.45, 7) is 5.81. The molecule has 0 unspecified atom stereocenters. The lowest BCUT2D eigenvalue weighted by atomic mass is 9.93. The molecule has 0 spiro atoms. The molecule has 1 fully saturated rings. The molecule has 2 heterocycles. The molecule has 1 aliphatic heterocycles. The number of fused-ring (bicyclic) bond motifs is 1. The van der Waals surface area contributed by atoms with Gasteiger partial charge in [0.2, 0.25) is 0 Å². The Balaban J connectivity index is 1.46. The number of carbonyl (C=O) groups is 1. The number of aromatic nitrogens is 1. The third-order valence-electron chi connectivity index (χ3n) is 5.28. The molecule has 0 aliphatic carbocycles. The molecule has 1 aliphatic rings. The van der Waals surface area contributed by atoms with Crippen LogP contribution in [0.4, 0.5) is 0 Å². The lowest BCUT2D eigenvalue weighted by Crippen LogP contribution is -2.38. The second kappa shape index (κ2) is 6.40. The Morgan fingerprint density at radius 1 is 1.00 bits per heavy atom. The second-order valence-corrected chi connectivity index (χ2v) is 7.25. The molecule has 2 aromatic carbocycles. The summed E-state index contributed by atoms with van der Waals surface area (Å²) in [7, 11) is 0. The van der Waals surface area contributed by atoms with Gasteiger partial charge < -0.3 is 9.88 Å². The molecule has 1 saturated heterocycles. The average molecular weight is 332 g/mol. The lowest BCUT2D eigenvalue weighted by molar-refractivity contribution is 0.0712. The van der Waals surface area contributed by atoms with Gasteiger partial charge in [-0.05, 0) is 62.4 Å². The summed E-state index contributed by atoms with van der Waals surface area (Å²) in [5.74, 6) is 0.670. The van der Waals surface area contributed by atoms with Crippen LogP contribution in [-0.2, 0) is 0 Å². The van der Waals surface area contributed by atoms with Crippen molar-refractivity contribution < 1.29 is 4.79 Å². The number of carbonyl (C=O) groups excluding carboxylic acids is 1. The molecule has 4 rings (SSSR count). The number of amides is 1. The highest BCUT2D eigenvalue weighted by molar-refractivity contribution is 5.94. The van der Waals surface area contributed by atoms with E-state index in [1.54, 1.807) is 0 Å². The van der Waals surface area contributed by atoms with Gasteiger partial charge in [0.1, 0.15) is 0 Å². The maximum atomic E-state index is 12.7. The molecule has 3 aromatic rings. The molecule has 25 heavy (non-hydrogen) atoms. The summed E-state index contributed by atoms with van der Waals surface area (Å²) in [5.41, 5.74) is 5.74. The number of likely N-dealkylation sites (tertiary alicyclic amines) is 1. The highest BCUT2D eigenvalue weighted by Crippen LogP contribution is 2.30. The molecule has 0 saturated carbocycles. The molecule has 128 valence electrons. The average Bonchev–Trinajstić information content (AvgIpc) is 3.04. The Morgan fingerprint density at radius 2 is 1.76 bits per heavy atom. The minimum Gasteiger partial charge on any atom is -0.358 e. The Kier molecular flexibility index (Phi) is 4.08. The van der Waals surface area contributed by atoms with Crippen molar-refractivity contribution in [1.82, 2.24) is 9.88 Å². The number of benzene rings is 2. The van der Waals surface area contributed by atoms with Gasteiger partial charge in [-0.3, -0.25) is 4.79 Å². The molecule has 1 N–H and O–H groups in total. The van der Waals surface area contributed by atoms with Gasteiger partial charge in [-0.2, -0.15) is 0 Å². The minimum atomic E-state index is 0.162. The van der Waals surface area contributed by atoms with E-state index in [-0.39, 0.29) is 5.91 Å². The molecule has 3 nitrogen and oxygen atoms in total. The highest BCUT2D eigenvalue weighted by atomic mass is 16.2. The summed E-state index contributed by atoms with van der Waals surface area (Å²) in [6.07, 6.45) is 2.03. The molecule has 0 radical (unpaired) electrons. The Bertz CT molecular complexity index is 917. The number of aryl methyl sites for hydroxylation is 2. The van der Waals surface area contributed by atoms with Gasteiger partial charge in [0.05, 0.1) is 0 Å². The predicted octanol–water partition coefficient (Wildman–Crippen LogP) is 4.80. The van der Waals surface area contributed by atoms with E-state index < -0.39 is 0 Å². The third-order valence-corrected chi connectivity index (χ3v) is 5.28. The van der Waals surface area contributed by atoms with Crippen LogP contribution in [0.15, 0.2) is 48.5 Å². The van der Waals surface area contributed by atoms with Crippen LogP contribution in [0.2, 0.25) is 0 Å². The SMILES string of the molecule is Cc1cccc(C(=O)N2CCC(c3cc4cc(C)ccc4[nH]3)CC2)c1. The first-order valence-electron chi connectivity index (χ1n) is 9.05. The predicted molar refractivity (Wildman–Crippen MR) is 102 cm³/mol. The smallest absolute Gasteiger partial charge is 0.253 e. The molecule has 0 atom stereocenters. The summed E-state index contributed by atoms with van der Waals surface area (Å²) in [6, 6.07) is 16.7. The van der Waals surface area contributed by atoms with Crippen LogP contribution < -0.4 is 0 Å². The van der Waals surface area contributed by atoms with Crippen molar-refractivity contribution in [3.63, 3.8) is 0 Å². The fourth-order valence-electron chi connectivity index (χ4n) is 3.85. The van der Waals surface area contributed by atoms with E-state index in [2.05, 4.69) is 36.2 Å². The van der Waals surface area contributed by atoms with Gasteiger partial charge >= 0.3 is 0 Å². The number of nitrogens with one attached hydrogen (secondary N) is 1. The van der Waals surface area contributed by atoms with Crippen molar-refractivity contribution in [2.75, 3.05) is 13.1 Å². The fourth-order valence-corrected chi connectivity index (χ4v) is 3.85. The van der Waals surface area contributed by atoms with E-state index in [0.29, 0.717) is 5.92 Å². The van der Waals surface area contributed by atoms with Crippen molar-refractivity contribution in [1.29, 1.82) is 0 Å². The van der Waals surface area contributed by atoms with Crippen molar-refractivity contribution in [3.05, 3.63) is 70.9 Å². The zero-order chi connectivity index (χ0) is 17.4. The monoisotopic (exact) mass is 332 g/mol. The fraction of sp³-hybridized carbons (Fsp3) is 0.318. The zero-order valence-corrected chi connectivity index (χ0v) is 14.9. The van der Waals surface area contributed by atoms with Crippen molar-refractivity contribution in [2.45, 2.75) is 32.6 Å². The number of H-pyrrole nitrogens is 1. The van der Waals surface area contributed by atoms with Gasteiger partial charge in [-0.1, -0.05) is 29.3 Å². The second-order valence-electron chi connectivity index (χ2n) is 7.25. The maximum Gasteiger partial charge on any atom is 0.253 e. The van der Waals surface area contributed by atoms with Crippen LogP contribution in [-0.4, -0.2) is 28.9 Å². The van der Waals surface area contributed by atoms with Crippen molar-refractivity contribution in [3.8, 4) is 0 Å². The molecule has 3 heteroatoms. The first-order chi connectivity index (χ1) is 12.1. The van der Waals surface area contributed by atoms with Gasteiger partial charge in [0.25, 0.3) is 5.91 Å². The number of hydrogen-bond acceptors (Lipinski definition) is 1.